The molecule has 0 aliphatic heterocycles. The summed E-state index contributed by atoms with van der Waals surface area (Å²) in [5.41, 5.74) is 0. The van der Waals surface area contributed by atoms with Crippen molar-refractivity contribution in [2.45, 2.75) is 46.0 Å². The lowest BCUT2D eigenvalue weighted by atomic mass is 10.1. The average Bonchev–Trinajstić information content (AvgIpc) is 2.53. The Kier molecular flexibility index (Phi) is 4.00. The summed E-state index contributed by atoms with van der Waals surface area (Å²) in [6.07, 6.45) is 6.63. The number of allylic oxidation sites excluding steroid dienone is 2. The van der Waals surface area contributed by atoms with Crippen molar-refractivity contribution in [3.05, 3.63) is 11.8 Å². The molecule has 74 valence electrons. The van der Waals surface area contributed by atoms with Gasteiger partial charge in [0.2, 0.25) is 0 Å². The highest BCUT2D eigenvalue weighted by atomic mass is 16.5. The lowest BCUT2D eigenvalue weighted by Gasteiger charge is -2.05. The van der Waals surface area contributed by atoms with Crippen LogP contribution in [0.15, 0.2) is 11.8 Å². The summed E-state index contributed by atoms with van der Waals surface area (Å²) in [5, 5.41) is 0. The molecule has 2 nitrogen and oxygen atoms in total. The fourth-order valence-corrected chi connectivity index (χ4v) is 1.34. The molecule has 0 heterocycles. The van der Waals surface area contributed by atoms with Crippen molar-refractivity contribution in [3.8, 4) is 0 Å². The zero-order chi connectivity index (χ0) is 9.68. The van der Waals surface area contributed by atoms with Crippen LogP contribution < -0.4 is 0 Å². The van der Waals surface area contributed by atoms with E-state index in [0.717, 1.165) is 31.4 Å². The van der Waals surface area contributed by atoms with Gasteiger partial charge in [0.25, 0.3) is 0 Å². The summed E-state index contributed by atoms with van der Waals surface area (Å²) in [7, 11) is 0. The van der Waals surface area contributed by atoms with Crippen LogP contribution in [0.5, 0.6) is 0 Å². The van der Waals surface area contributed by atoms with Crippen LogP contribution in [-0.4, -0.2) is 5.97 Å². The molecule has 0 bridgehead atoms. The van der Waals surface area contributed by atoms with Crippen molar-refractivity contribution in [3.63, 3.8) is 0 Å². The van der Waals surface area contributed by atoms with Gasteiger partial charge in [-0.2, -0.15) is 0 Å². The number of rotatable bonds is 4. The third kappa shape index (κ3) is 4.11. The van der Waals surface area contributed by atoms with Crippen LogP contribution in [0.4, 0.5) is 0 Å². The van der Waals surface area contributed by atoms with Gasteiger partial charge >= 0.3 is 5.97 Å². The van der Waals surface area contributed by atoms with Crippen molar-refractivity contribution in [2.24, 2.45) is 5.92 Å². The maximum absolute atomic E-state index is 11.2. The van der Waals surface area contributed by atoms with Gasteiger partial charge in [0.05, 0.1) is 0 Å². The summed E-state index contributed by atoms with van der Waals surface area (Å²) in [6, 6.07) is 0. The summed E-state index contributed by atoms with van der Waals surface area (Å²) in [4.78, 5) is 11.2. The molecule has 0 unspecified atom stereocenters. The van der Waals surface area contributed by atoms with Gasteiger partial charge in [0.1, 0.15) is 5.76 Å². The molecule has 2 heteroatoms. The molecule has 13 heavy (non-hydrogen) atoms. The first-order valence-electron chi connectivity index (χ1n) is 5.08. The highest BCUT2D eigenvalue weighted by Gasteiger charge is 2.10. The molecule has 0 saturated carbocycles. The van der Waals surface area contributed by atoms with Crippen molar-refractivity contribution in [1.29, 1.82) is 0 Å². The molecule has 0 aromatic carbocycles. The minimum atomic E-state index is -0.0677. The number of carbonyl (C=O) groups excluding carboxylic acids is 1. The summed E-state index contributed by atoms with van der Waals surface area (Å²) < 4.78 is 5.18. The minimum Gasteiger partial charge on any atom is -0.431 e. The quantitative estimate of drug-likeness (QED) is 0.625. The Bertz CT molecular complexity index is 204. The molecule has 0 fully saturated rings. The largest absolute Gasteiger partial charge is 0.431 e. The fraction of sp³-hybridized carbons (Fsp3) is 0.727. The smallest absolute Gasteiger partial charge is 0.310 e. The maximum atomic E-state index is 11.2. The zero-order valence-corrected chi connectivity index (χ0v) is 8.51. The predicted molar refractivity (Wildman–Crippen MR) is 52.1 cm³/mol. The van der Waals surface area contributed by atoms with Gasteiger partial charge < -0.3 is 4.74 Å². The lowest BCUT2D eigenvalue weighted by Crippen LogP contribution is -2.04. The summed E-state index contributed by atoms with van der Waals surface area (Å²) in [5.74, 6) is 1.39. The molecule has 1 aliphatic rings. The van der Waals surface area contributed by atoms with Crippen LogP contribution in [0.3, 0.4) is 0 Å². The van der Waals surface area contributed by atoms with E-state index in [2.05, 4.69) is 13.8 Å². The second-order valence-electron chi connectivity index (χ2n) is 3.97. The Morgan fingerprint density at radius 3 is 2.92 bits per heavy atom. The standard InChI is InChI=1S/C11H18O2/c1-9(2)7-8-11(12)13-10-5-3-4-6-10/h5,9H,3-4,6-8H2,1-2H3. The van der Waals surface area contributed by atoms with Crippen molar-refractivity contribution in [2.75, 3.05) is 0 Å². The highest BCUT2D eigenvalue weighted by molar-refractivity contribution is 5.70. The molecule has 1 aliphatic carbocycles. The third-order valence-corrected chi connectivity index (χ3v) is 2.17. The van der Waals surface area contributed by atoms with E-state index in [1.807, 2.05) is 6.08 Å². The van der Waals surface area contributed by atoms with E-state index in [1.54, 1.807) is 0 Å². The number of hydrogen-bond donors (Lipinski definition) is 0. The SMILES string of the molecule is CC(C)CCC(=O)OC1=CCCC1. The van der Waals surface area contributed by atoms with E-state index in [4.69, 9.17) is 4.74 Å². The van der Waals surface area contributed by atoms with E-state index in [1.165, 1.54) is 0 Å². The van der Waals surface area contributed by atoms with Gasteiger partial charge in [-0.25, -0.2) is 0 Å². The molecule has 0 saturated heterocycles. The Labute approximate surface area is 80.0 Å². The fourth-order valence-electron chi connectivity index (χ4n) is 1.34. The van der Waals surface area contributed by atoms with Crippen LogP contribution in [0, 0.1) is 5.92 Å². The Morgan fingerprint density at radius 1 is 1.62 bits per heavy atom. The molecule has 0 atom stereocenters. The Balaban J connectivity index is 2.17. The third-order valence-electron chi connectivity index (χ3n) is 2.17. The molecule has 1 rings (SSSR count). The monoisotopic (exact) mass is 182 g/mol. The summed E-state index contributed by atoms with van der Waals surface area (Å²) >= 11 is 0. The number of esters is 1. The van der Waals surface area contributed by atoms with Gasteiger partial charge in [0, 0.05) is 12.8 Å². The van der Waals surface area contributed by atoms with Crippen LogP contribution in [0.25, 0.3) is 0 Å². The molecular weight excluding hydrogens is 164 g/mol. The number of ether oxygens (including phenoxy) is 1. The first-order chi connectivity index (χ1) is 6.18. The molecular formula is C11H18O2. The van der Waals surface area contributed by atoms with Crippen LogP contribution in [0.2, 0.25) is 0 Å². The van der Waals surface area contributed by atoms with Crippen molar-refractivity contribution in [1.82, 2.24) is 0 Å². The normalized spacial score (nSPS) is 16.1. The summed E-state index contributed by atoms with van der Waals surface area (Å²) in [6.45, 7) is 4.23. The predicted octanol–water partition coefficient (Wildman–Crippen LogP) is 3.03. The number of hydrogen-bond acceptors (Lipinski definition) is 2. The zero-order valence-electron chi connectivity index (χ0n) is 8.51. The van der Waals surface area contributed by atoms with Gasteiger partial charge in [-0.05, 0) is 31.3 Å². The van der Waals surface area contributed by atoms with Gasteiger partial charge in [-0.15, -0.1) is 0 Å². The maximum Gasteiger partial charge on any atom is 0.310 e. The Hall–Kier alpha value is -0.790. The topological polar surface area (TPSA) is 26.3 Å². The second kappa shape index (κ2) is 5.05. The Morgan fingerprint density at radius 2 is 2.38 bits per heavy atom. The van der Waals surface area contributed by atoms with E-state index < -0.39 is 0 Å². The molecule has 0 N–H and O–H groups in total. The number of carbonyl (C=O) groups is 1. The van der Waals surface area contributed by atoms with Gasteiger partial charge in [-0.1, -0.05) is 13.8 Å². The average molecular weight is 182 g/mol. The molecule has 0 aromatic rings. The van der Waals surface area contributed by atoms with Gasteiger partial charge in [0.15, 0.2) is 0 Å². The molecule has 0 spiro atoms. The second-order valence-corrected chi connectivity index (χ2v) is 3.97. The lowest BCUT2D eigenvalue weighted by molar-refractivity contribution is -0.139. The van der Waals surface area contributed by atoms with Crippen LogP contribution in [0.1, 0.15) is 46.0 Å². The molecule has 0 amide bonds. The van der Waals surface area contributed by atoms with Gasteiger partial charge in [-0.3, -0.25) is 4.79 Å². The van der Waals surface area contributed by atoms with E-state index >= 15 is 0 Å². The highest BCUT2D eigenvalue weighted by Crippen LogP contribution is 2.19. The van der Waals surface area contributed by atoms with E-state index in [9.17, 15) is 4.79 Å². The van der Waals surface area contributed by atoms with Crippen LogP contribution >= 0.6 is 0 Å². The van der Waals surface area contributed by atoms with Crippen molar-refractivity contribution >= 4 is 5.97 Å². The first-order valence-corrected chi connectivity index (χ1v) is 5.08. The van der Waals surface area contributed by atoms with E-state index in [0.29, 0.717) is 12.3 Å². The molecule has 0 aromatic heterocycles. The van der Waals surface area contributed by atoms with Crippen LogP contribution in [-0.2, 0) is 9.53 Å². The minimum absolute atomic E-state index is 0.0677. The van der Waals surface area contributed by atoms with Crippen molar-refractivity contribution < 1.29 is 9.53 Å². The van der Waals surface area contributed by atoms with E-state index in [-0.39, 0.29) is 5.97 Å². The first kappa shape index (κ1) is 10.3. The molecule has 0 radical (unpaired) electrons.